The van der Waals surface area contributed by atoms with Gasteiger partial charge in [-0.05, 0) is 12.3 Å². The molecule has 0 amide bonds. The first-order chi connectivity index (χ1) is 11.2. The Kier molecular flexibility index (Phi) is 6.73. The molecule has 128 valence electrons. The number of aliphatic hydroxyl groups excluding tert-OH is 1. The van der Waals surface area contributed by atoms with Gasteiger partial charge >= 0.3 is 0 Å². The summed E-state index contributed by atoms with van der Waals surface area (Å²) in [5, 5.41) is 10.2. The van der Waals surface area contributed by atoms with Crippen molar-refractivity contribution in [3.05, 3.63) is 12.7 Å². The Morgan fingerprint density at radius 3 is 2.83 bits per heavy atom. The van der Waals surface area contributed by atoms with Crippen molar-refractivity contribution in [1.29, 1.82) is 0 Å². The van der Waals surface area contributed by atoms with Crippen LogP contribution in [0.5, 0.6) is 0 Å². The maximum atomic E-state index is 10.2. The smallest absolute Gasteiger partial charge is 0.165 e. The first kappa shape index (κ1) is 17.6. The fourth-order valence-corrected chi connectivity index (χ4v) is 2.58. The Labute approximate surface area is 136 Å². The first-order valence-corrected chi connectivity index (χ1v) is 8.32. The molecule has 2 aromatic rings. The van der Waals surface area contributed by atoms with Gasteiger partial charge in [0.05, 0.1) is 25.6 Å². The second-order valence-electron chi connectivity index (χ2n) is 5.94. The van der Waals surface area contributed by atoms with Crippen molar-refractivity contribution in [3.63, 3.8) is 0 Å². The number of aromatic nitrogens is 4. The van der Waals surface area contributed by atoms with Crippen LogP contribution in [0.25, 0.3) is 11.2 Å². The first-order valence-electron chi connectivity index (χ1n) is 8.32. The monoisotopic (exact) mass is 321 g/mol. The number of unbranched alkanes of at least 4 members (excludes halogenated alkanes) is 1. The maximum Gasteiger partial charge on any atom is 0.165 e. The van der Waals surface area contributed by atoms with Gasteiger partial charge in [-0.3, -0.25) is 0 Å². The minimum Gasteiger partial charge on any atom is -0.389 e. The molecule has 3 N–H and O–H groups in total. The van der Waals surface area contributed by atoms with Crippen LogP contribution in [0.15, 0.2) is 12.7 Å². The lowest BCUT2D eigenvalue weighted by molar-refractivity contribution is 0.0122. The van der Waals surface area contributed by atoms with Crippen molar-refractivity contribution in [3.8, 4) is 0 Å². The molecule has 7 heteroatoms. The predicted molar refractivity (Wildman–Crippen MR) is 89.9 cm³/mol. The SMILES string of the molecule is CCCC[C@@H](CC)COC[C@H](O)Cn1cnc2c(N)ncnc21. The fourth-order valence-electron chi connectivity index (χ4n) is 2.58. The Morgan fingerprint density at radius 1 is 1.26 bits per heavy atom. The highest BCUT2D eigenvalue weighted by Crippen LogP contribution is 2.15. The number of hydrogen-bond donors (Lipinski definition) is 2. The molecule has 7 nitrogen and oxygen atoms in total. The molecule has 0 aliphatic rings. The minimum atomic E-state index is -0.604. The minimum absolute atomic E-state index is 0.308. The van der Waals surface area contributed by atoms with Gasteiger partial charge in [0.25, 0.3) is 0 Å². The summed E-state index contributed by atoms with van der Waals surface area (Å²) in [6.07, 6.45) is 7.15. The molecular formula is C16H27N5O2. The van der Waals surface area contributed by atoms with Crippen molar-refractivity contribution in [2.24, 2.45) is 5.92 Å². The zero-order valence-corrected chi connectivity index (χ0v) is 14.0. The van der Waals surface area contributed by atoms with Gasteiger partial charge in [-0.25, -0.2) is 15.0 Å². The summed E-state index contributed by atoms with van der Waals surface area (Å²) in [6.45, 7) is 5.76. The summed E-state index contributed by atoms with van der Waals surface area (Å²) in [7, 11) is 0. The number of nitrogens with two attached hydrogens (primary N) is 1. The average molecular weight is 321 g/mol. The lowest BCUT2D eigenvalue weighted by Gasteiger charge is -2.17. The highest BCUT2D eigenvalue weighted by atomic mass is 16.5. The maximum absolute atomic E-state index is 10.2. The second-order valence-corrected chi connectivity index (χ2v) is 5.94. The van der Waals surface area contributed by atoms with E-state index in [0.29, 0.717) is 42.7 Å². The number of nitrogen functional groups attached to an aromatic ring is 1. The summed E-state index contributed by atoms with van der Waals surface area (Å²) in [5.74, 6) is 0.921. The standard InChI is InChI=1S/C16H27N5O2/c1-3-5-6-12(4-2)8-23-9-13(22)7-21-11-20-14-15(17)18-10-19-16(14)21/h10-13,22H,3-9H2,1-2H3,(H2,17,18,19)/t12-,13-/m1/s1. The summed E-state index contributed by atoms with van der Waals surface area (Å²) in [5.41, 5.74) is 6.95. The van der Waals surface area contributed by atoms with Gasteiger partial charge in [0.15, 0.2) is 11.5 Å². The van der Waals surface area contributed by atoms with Gasteiger partial charge in [0.1, 0.15) is 11.8 Å². The van der Waals surface area contributed by atoms with Crippen LogP contribution in [-0.4, -0.2) is 43.9 Å². The molecule has 0 aromatic carbocycles. The number of imidazole rings is 1. The zero-order chi connectivity index (χ0) is 16.7. The molecule has 0 aliphatic carbocycles. The van der Waals surface area contributed by atoms with Crippen molar-refractivity contribution in [1.82, 2.24) is 19.5 Å². The lowest BCUT2D eigenvalue weighted by Crippen LogP contribution is -2.23. The number of rotatable bonds is 10. The van der Waals surface area contributed by atoms with Gasteiger partial charge in [0.2, 0.25) is 0 Å². The number of nitrogens with zero attached hydrogens (tertiary/aromatic N) is 4. The Balaban J connectivity index is 1.82. The number of aliphatic hydroxyl groups is 1. The molecule has 23 heavy (non-hydrogen) atoms. The fraction of sp³-hybridized carbons (Fsp3) is 0.688. The van der Waals surface area contributed by atoms with E-state index < -0.39 is 6.10 Å². The van der Waals surface area contributed by atoms with Crippen molar-refractivity contribution in [2.75, 3.05) is 18.9 Å². The van der Waals surface area contributed by atoms with Crippen LogP contribution >= 0.6 is 0 Å². The molecule has 0 bridgehead atoms. The third kappa shape index (κ3) is 4.87. The van der Waals surface area contributed by atoms with Crippen molar-refractivity contribution in [2.45, 2.75) is 52.2 Å². The van der Waals surface area contributed by atoms with Crippen molar-refractivity contribution < 1.29 is 9.84 Å². The molecule has 2 heterocycles. The lowest BCUT2D eigenvalue weighted by atomic mass is 10.0. The van der Waals surface area contributed by atoms with E-state index in [9.17, 15) is 5.11 Å². The molecule has 0 aliphatic heterocycles. The summed E-state index contributed by atoms with van der Waals surface area (Å²) < 4.78 is 7.46. The molecule has 2 atom stereocenters. The highest BCUT2D eigenvalue weighted by molar-refractivity contribution is 5.81. The largest absolute Gasteiger partial charge is 0.389 e. The molecule has 0 spiro atoms. The molecule has 2 aromatic heterocycles. The van der Waals surface area contributed by atoms with Crippen molar-refractivity contribution >= 4 is 17.0 Å². The summed E-state index contributed by atoms with van der Waals surface area (Å²) in [4.78, 5) is 12.3. The molecule has 0 saturated heterocycles. The number of hydrogen-bond acceptors (Lipinski definition) is 6. The molecule has 0 fully saturated rings. The molecule has 2 rings (SSSR count). The third-order valence-electron chi connectivity index (χ3n) is 4.04. The van der Waals surface area contributed by atoms with Crippen LogP contribution in [-0.2, 0) is 11.3 Å². The van der Waals surface area contributed by atoms with E-state index >= 15 is 0 Å². The highest BCUT2D eigenvalue weighted by Gasteiger charge is 2.13. The normalized spacial score (nSPS) is 14.2. The number of anilines is 1. The van der Waals surface area contributed by atoms with Crippen LogP contribution in [0, 0.1) is 5.92 Å². The molecule has 0 unspecified atom stereocenters. The number of fused-ring (bicyclic) bond motifs is 1. The van der Waals surface area contributed by atoms with Crippen LogP contribution in [0.3, 0.4) is 0 Å². The second kappa shape index (κ2) is 8.79. The quantitative estimate of drug-likeness (QED) is 0.694. The van der Waals surface area contributed by atoms with Gasteiger partial charge in [0, 0.05) is 6.61 Å². The average Bonchev–Trinajstić information content (AvgIpc) is 2.95. The van der Waals surface area contributed by atoms with E-state index in [1.165, 1.54) is 25.6 Å². The van der Waals surface area contributed by atoms with E-state index in [0.717, 1.165) is 6.42 Å². The Hall–Kier alpha value is -1.73. The van der Waals surface area contributed by atoms with E-state index in [1.807, 2.05) is 0 Å². The topological polar surface area (TPSA) is 99.1 Å². The van der Waals surface area contributed by atoms with E-state index in [4.69, 9.17) is 10.5 Å². The van der Waals surface area contributed by atoms with Gasteiger partial charge < -0.3 is 20.1 Å². The van der Waals surface area contributed by atoms with Crippen LogP contribution in [0.4, 0.5) is 5.82 Å². The van der Waals surface area contributed by atoms with Crippen LogP contribution in [0.1, 0.15) is 39.5 Å². The Morgan fingerprint density at radius 2 is 2.09 bits per heavy atom. The van der Waals surface area contributed by atoms with Crippen LogP contribution in [0.2, 0.25) is 0 Å². The molecule has 0 radical (unpaired) electrons. The van der Waals surface area contributed by atoms with Gasteiger partial charge in [-0.1, -0.05) is 33.1 Å². The summed E-state index contributed by atoms with van der Waals surface area (Å²) in [6, 6.07) is 0. The van der Waals surface area contributed by atoms with E-state index in [1.54, 1.807) is 10.9 Å². The predicted octanol–water partition coefficient (Wildman–Crippen LogP) is 2.00. The van der Waals surface area contributed by atoms with E-state index in [-0.39, 0.29) is 0 Å². The molecule has 0 saturated carbocycles. The molecular weight excluding hydrogens is 294 g/mol. The van der Waals surface area contributed by atoms with Crippen LogP contribution < -0.4 is 5.73 Å². The third-order valence-corrected chi connectivity index (χ3v) is 4.04. The van der Waals surface area contributed by atoms with E-state index in [2.05, 4.69) is 28.8 Å². The zero-order valence-electron chi connectivity index (χ0n) is 14.0. The van der Waals surface area contributed by atoms with Gasteiger partial charge in [-0.2, -0.15) is 0 Å². The van der Waals surface area contributed by atoms with Gasteiger partial charge in [-0.15, -0.1) is 0 Å². The summed E-state index contributed by atoms with van der Waals surface area (Å²) >= 11 is 0. The Bertz CT molecular complexity index is 601. The number of ether oxygens (including phenoxy) is 1.